The van der Waals surface area contributed by atoms with Crippen LogP contribution < -0.4 is 18.9 Å². The van der Waals surface area contributed by atoms with Crippen LogP contribution in [0, 0.1) is 10.1 Å². The smallest absolute Gasteiger partial charge is 0.363 e. The van der Waals surface area contributed by atoms with Gasteiger partial charge in [-0.25, -0.2) is 14.6 Å². The summed E-state index contributed by atoms with van der Waals surface area (Å²) in [4.78, 5) is 39.9. The van der Waals surface area contributed by atoms with E-state index in [1.54, 1.807) is 24.3 Å². The van der Waals surface area contributed by atoms with Gasteiger partial charge in [0.2, 0.25) is 11.6 Å². The second-order valence-corrected chi connectivity index (χ2v) is 8.54. The molecule has 194 valence electrons. The number of ether oxygens (including phenoxy) is 5. The van der Waals surface area contributed by atoms with Gasteiger partial charge in [-0.1, -0.05) is 15.9 Å². The van der Waals surface area contributed by atoms with Gasteiger partial charge in [-0.05, 0) is 48.5 Å². The first-order valence-electron chi connectivity index (χ1n) is 10.8. The molecule has 0 amide bonds. The first kappa shape index (κ1) is 26.4. The van der Waals surface area contributed by atoms with E-state index in [4.69, 9.17) is 23.7 Å². The van der Waals surface area contributed by atoms with E-state index in [2.05, 4.69) is 20.9 Å². The number of esters is 2. The maximum atomic E-state index is 12.7. The molecule has 4 rings (SSSR count). The van der Waals surface area contributed by atoms with Crippen molar-refractivity contribution in [3.05, 3.63) is 91.6 Å². The molecule has 1 heterocycles. The number of methoxy groups -OCH3 is 3. The molecule has 0 aromatic heterocycles. The Hall–Kier alpha value is -4.71. The molecule has 0 saturated carbocycles. The second kappa shape index (κ2) is 11.1. The Morgan fingerprint density at radius 2 is 1.63 bits per heavy atom. The number of benzene rings is 3. The first-order valence-corrected chi connectivity index (χ1v) is 11.6. The van der Waals surface area contributed by atoms with Gasteiger partial charge in [0.15, 0.2) is 17.2 Å². The summed E-state index contributed by atoms with van der Waals surface area (Å²) in [6, 6.07) is 13.0. The molecule has 38 heavy (non-hydrogen) atoms. The number of aliphatic imine (C=N–C) groups is 1. The summed E-state index contributed by atoms with van der Waals surface area (Å²) >= 11 is 3.36. The average molecular weight is 583 g/mol. The molecule has 0 N–H and O–H groups in total. The fraction of sp³-hybridized carbons (Fsp3) is 0.115. The van der Waals surface area contributed by atoms with Gasteiger partial charge < -0.3 is 23.7 Å². The van der Waals surface area contributed by atoms with Crippen molar-refractivity contribution in [2.24, 2.45) is 4.99 Å². The number of non-ortho nitro benzene ring substituents is 1. The van der Waals surface area contributed by atoms with Crippen LogP contribution in [0.4, 0.5) is 5.69 Å². The number of nitro groups is 1. The zero-order valence-electron chi connectivity index (χ0n) is 20.2. The lowest BCUT2D eigenvalue weighted by Gasteiger charge is -2.13. The SMILES string of the molecule is COc1cc(C2=N/C(=C/c3cc(Br)ccc3OC(=O)c3ccc([N+](=O)[O-])cc3)C(=O)O2)cc(OC)c1OC. The van der Waals surface area contributed by atoms with E-state index in [0.29, 0.717) is 32.8 Å². The van der Waals surface area contributed by atoms with Crippen LogP contribution >= 0.6 is 15.9 Å². The maximum Gasteiger partial charge on any atom is 0.363 e. The summed E-state index contributed by atoms with van der Waals surface area (Å²) in [6.07, 6.45) is 1.41. The fourth-order valence-corrected chi connectivity index (χ4v) is 3.87. The molecular weight excluding hydrogens is 564 g/mol. The van der Waals surface area contributed by atoms with Crippen molar-refractivity contribution < 1.29 is 38.2 Å². The van der Waals surface area contributed by atoms with E-state index in [9.17, 15) is 19.7 Å². The van der Waals surface area contributed by atoms with Gasteiger partial charge >= 0.3 is 11.9 Å². The summed E-state index contributed by atoms with van der Waals surface area (Å²) in [5.41, 5.74) is 0.683. The summed E-state index contributed by atoms with van der Waals surface area (Å²) in [7, 11) is 4.39. The van der Waals surface area contributed by atoms with E-state index in [-0.39, 0.29) is 28.6 Å². The van der Waals surface area contributed by atoms with Crippen LogP contribution in [0.3, 0.4) is 0 Å². The average Bonchev–Trinajstić information content (AvgIpc) is 3.29. The highest BCUT2D eigenvalue weighted by Gasteiger charge is 2.27. The van der Waals surface area contributed by atoms with E-state index in [1.807, 2.05) is 0 Å². The predicted octanol–water partition coefficient (Wildman–Crippen LogP) is 4.95. The van der Waals surface area contributed by atoms with Gasteiger partial charge in [0.1, 0.15) is 5.75 Å². The van der Waals surface area contributed by atoms with E-state index in [0.717, 1.165) is 0 Å². The van der Waals surface area contributed by atoms with Gasteiger partial charge in [-0.15, -0.1) is 0 Å². The van der Waals surface area contributed by atoms with E-state index >= 15 is 0 Å². The Kier molecular flexibility index (Phi) is 7.72. The topological polar surface area (TPSA) is 136 Å². The second-order valence-electron chi connectivity index (χ2n) is 7.63. The number of carbonyl (C=O) groups excluding carboxylic acids is 2. The molecule has 1 aliphatic rings. The quantitative estimate of drug-likeness (QED) is 0.119. The van der Waals surface area contributed by atoms with Crippen LogP contribution in [0.2, 0.25) is 0 Å². The zero-order valence-corrected chi connectivity index (χ0v) is 21.8. The summed E-state index contributed by atoms with van der Waals surface area (Å²) in [5.74, 6) is -0.240. The normalized spacial score (nSPS) is 13.5. The van der Waals surface area contributed by atoms with Crippen molar-refractivity contribution in [3.63, 3.8) is 0 Å². The Morgan fingerprint density at radius 3 is 2.21 bits per heavy atom. The molecule has 3 aromatic rings. The molecular formula is C26H19BrN2O9. The van der Waals surface area contributed by atoms with E-state index < -0.39 is 16.9 Å². The summed E-state index contributed by atoms with van der Waals surface area (Å²) in [5, 5.41) is 10.9. The van der Waals surface area contributed by atoms with Crippen molar-refractivity contribution >= 4 is 45.5 Å². The zero-order chi connectivity index (χ0) is 27.4. The molecule has 1 aliphatic heterocycles. The highest BCUT2D eigenvalue weighted by Crippen LogP contribution is 2.39. The lowest BCUT2D eigenvalue weighted by molar-refractivity contribution is -0.384. The van der Waals surface area contributed by atoms with Gasteiger partial charge in [-0.3, -0.25) is 10.1 Å². The number of hydrogen-bond acceptors (Lipinski definition) is 10. The Labute approximate surface area is 224 Å². The lowest BCUT2D eigenvalue weighted by atomic mass is 10.1. The minimum atomic E-state index is -0.738. The number of halogens is 1. The highest BCUT2D eigenvalue weighted by molar-refractivity contribution is 9.10. The maximum absolute atomic E-state index is 12.7. The van der Waals surface area contributed by atoms with Gasteiger partial charge in [0.25, 0.3) is 5.69 Å². The molecule has 0 saturated heterocycles. The van der Waals surface area contributed by atoms with Crippen molar-refractivity contribution in [1.29, 1.82) is 0 Å². The first-order chi connectivity index (χ1) is 18.2. The monoisotopic (exact) mass is 582 g/mol. The Balaban J connectivity index is 1.66. The number of hydrogen-bond donors (Lipinski definition) is 0. The largest absolute Gasteiger partial charge is 0.493 e. The third kappa shape index (κ3) is 5.49. The summed E-state index contributed by atoms with van der Waals surface area (Å²) in [6.45, 7) is 0. The molecule has 0 atom stereocenters. The van der Waals surface area contributed by atoms with Crippen LogP contribution in [0.15, 0.2) is 69.8 Å². The van der Waals surface area contributed by atoms with Crippen LogP contribution in [0.5, 0.6) is 23.0 Å². The number of nitro benzene ring substituents is 1. The third-order valence-electron chi connectivity index (χ3n) is 5.31. The number of nitrogens with zero attached hydrogens (tertiary/aromatic N) is 2. The summed E-state index contributed by atoms with van der Waals surface area (Å²) < 4.78 is 27.5. The molecule has 12 heteroatoms. The Bertz CT molecular complexity index is 1470. The van der Waals surface area contributed by atoms with Crippen molar-refractivity contribution in [2.75, 3.05) is 21.3 Å². The molecule has 11 nitrogen and oxygen atoms in total. The van der Waals surface area contributed by atoms with Crippen LogP contribution in [-0.2, 0) is 9.53 Å². The van der Waals surface area contributed by atoms with Gasteiger partial charge in [0.05, 0.1) is 31.8 Å². The predicted molar refractivity (Wildman–Crippen MR) is 139 cm³/mol. The van der Waals surface area contributed by atoms with Crippen LogP contribution in [-0.4, -0.2) is 44.1 Å². The van der Waals surface area contributed by atoms with Gasteiger partial charge in [0, 0.05) is 27.7 Å². The Morgan fingerprint density at radius 1 is 0.974 bits per heavy atom. The number of rotatable bonds is 8. The van der Waals surface area contributed by atoms with Gasteiger partial charge in [-0.2, -0.15) is 0 Å². The standard InChI is InChI=1S/C26H19BrN2O9/c1-34-21-12-16(13-22(35-2)23(21)36-3)24-28-19(26(31)38-24)11-15-10-17(27)6-9-20(15)37-25(30)14-4-7-18(8-5-14)29(32)33/h4-13H,1-3H3/b19-11+. The third-order valence-corrected chi connectivity index (χ3v) is 5.81. The molecule has 0 fully saturated rings. The van der Waals surface area contributed by atoms with Crippen molar-refractivity contribution in [1.82, 2.24) is 0 Å². The molecule has 0 aliphatic carbocycles. The van der Waals surface area contributed by atoms with Crippen molar-refractivity contribution in [2.45, 2.75) is 0 Å². The molecule has 0 unspecified atom stereocenters. The number of cyclic esters (lactones) is 1. The molecule has 3 aromatic carbocycles. The molecule has 0 spiro atoms. The fourth-order valence-electron chi connectivity index (χ4n) is 3.49. The van der Waals surface area contributed by atoms with Crippen LogP contribution in [0.25, 0.3) is 6.08 Å². The number of carbonyl (C=O) groups is 2. The molecule has 0 bridgehead atoms. The van der Waals surface area contributed by atoms with Crippen LogP contribution in [0.1, 0.15) is 21.5 Å². The highest BCUT2D eigenvalue weighted by atomic mass is 79.9. The van der Waals surface area contributed by atoms with E-state index in [1.165, 1.54) is 57.7 Å². The minimum absolute atomic E-state index is 0.0138. The molecule has 0 radical (unpaired) electrons. The minimum Gasteiger partial charge on any atom is -0.493 e. The lowest BCUT2D eigenvalue weighted by Crippen LogP contribution is -2.09. The van der Waals surface area contributed by atoms with Crippen molar-refractivity contribution in [3.8, 4) is 23.0 Å².